The first-order valence-corrected chi connectivity index (χ1v) is 7.31. The summed E-state index contributed by atoms with van der Waals surface area (Å²) in [6, 6.07) is -0.789. The van der Waals surface area contributed by atoms with Crippen LogP contribution < -0.4 is 5.32 Å². The third kappa shape index (κ3) is 3.04. The monoisotopic (exact) mass is 272 g/mol. The van der Waals surface area contributed by atoms with Crippen molar-refractivity contribution in [2.75, 3.05) is 11.5 Å². The minimum atomic E-state index is -0.753. The number of thioether (sulfide) groups is 1. The number of imide groups is 2. The first-order chi connectivity index (χ1) is 8.40. The molecule has 1 aliphatic heterocycles. The van der Waals surface area contributed by atoms with E-state index in [0.29, 0.717) is 5.75 Å². The van der Waals surface area contributed by atoms with Crippen molar-refractivity contribution < 1.29 is 14.4 Å². The molecule has 1 rings (SSSR count). The van der Waals surface area contributed by atoms with E-state index in [2.05, 4.69) is 5.32 Å². The Kier molecular flexibility index (Phi) is 5.19. The number of nitrogens with one attached hydrogen (secondary N) is 1. The number of amides is 4. The summed E-state index contributed by atoms with van der Waals surface area (Å²) in [7, 11) is 0. The first kappa shape index (κ1) is 15.0. The molecule has 0 radical (unpaired) electrons. The van der Waals surface area contributed by atoms with Gasteiger partial charge in [-0.1, -0.05) is 20.8 Å². The van der Waals surface area contributed by atoms with E-state index in [-0.39, 0.29) is 17.9 Å². The van der Waals surface area contributed by atoms with Crippen LogP contribution in [0.4, 0.5) is 4.79 Å². The molecular formula is C12H20N2O3S. The highest BCUT2D eigenvalue weighted by Crippen LogP contribution is 2.21. The Morgan fingerprint density at radius 3 is 2.39 bits per heavy atom. The molecule has 102 valence electrons. The summed E-state index contributed by atoms with van der Waals surface area (Å²) in [5.74, 6) is -0.0969. The van der Waals surface area contributed by atoms with Crippen molar-refractivity contribution in [2.45, 2.75) is 33.7 Å². The van der Waals surface area contributed by atoms with Crippen molar-refractivity contribution >= 4 is 29.6 Å². The molecule has 2 unspecified atom stereocenters. The SMILES string of the molecule is CCSCC(C)N1C(=O)NC(=O)C(C(C)C)C1=O. The summed E-state index contributed by atoms with van der Waals surface area (Å²) in [4.78, 5) is 36.8. The summed E-state index contributed by atoms with van der Waals surface area (Å²) in [6.07, 6.45) is 0. The Bertz CT molecular complexity index is 357. The molecule has 0 aromatic rings. The number of carbonyl (C=O) groups excluding carboxylic acids is 3. The van der Waals surface area contributed by atoms with Gasteiger partial charge in [-0.3, -0.25) is 19.8 Å². The van der Waals surface area contributed by atoms with Crippen molar-refractivity contribution in [3.05, 3.63) is 0 Å². The number of urea groups is 1. The van der Waals surface area contributed by atoms with Gasteiger partial charge in [-0.2, -0.15) is 11.8 Å². The predicted molar refractivity (Wildman–Crippen MR) is 71.2 cm³/mol. The Labute approximate surface area is 112 Å². The van der Waals surface area contributed by atoms with Gasteiger partial charge in [-0.25, -0.2) is 4.79 Å². The third-order valence-corrected chi connectivity index (χ3v) is 4.03. The summed E-state index contributed by atoms with van der Waals surface area (Å²) < 4.78 is 0. The number of hydrogen-bond donors (Lipinski definition) is 1. The number of barbiturate groups is 1. The normalized spacial score (nSPS) is 22.4. The molecule has 1 fully saturated rings. The average Bonchev–Trinajstić information content (AvgIpc) is 2.24. The summed E-state index contributed by atoms with van der Waals surface area (Å²) >= 11 is 1.67. The van der Waals surface area contributed by atoms with E-state index in [4.69, 9.17) is 0 Å². The van der Waals surface area contributed by atoms with E-state index in [1.807, 2.05) is 27.7 Å². The van der Waals surface area contributed by atoms with Crippen LogP contribution in [0.15, 0.2) is 0 Å². The Morgan fingerprint density at radius 2 is 1.89 bits per heavy atom. The Hall–Kier alpha value is -1.04. The maximum atomic E-state index is 12.2. The lowest BCUT2D eigenvalue weighted by Gasteiger charge is -2.35. The first-order valence-electron chi connectivity index (χ1n) is 6.15. The van der Waals surface area contributed by atoms with Crippen LogP contribution in [-0.2, 0) is 9.59 Å². The van der Waals surface area contributed by atoms with Gasteiger partial charge in [-0.05, 0) is 18.6 Å². The molecule has 0 aliphatic carbocycles. The quantitative estimate of drug-likeness (QED) is 0.770. The molecule has 4 amide bonds. The van der Waals surface area contributed by atoms with E-state index in [1.165, 1.54) is 4.90 Å². The fourth-order valence-corrected chi connectivity index (χ4v) is 2.70. The molecule has 0 spiro atoms. The average molecular weight is 272 g/mol. The minimum absolute atomic E-state index is 0.112. The highest BCUT2D eigenvalue weighted by atomic mass is 32.2. The van der Waals surface area contributed by atoms with Crippen molar-refractivity contribution in [3.63, 3.8) is 0 Å². The van der Waals surface area contributed by atoms with Crippen molar-refractivity contribution in [1.82, 2.24) is 10.2 Å². The van der Waals surface area contributed by atoms with Gasteiger partial charge < -0.3 is 0 Å². The Balaban J connectivity index is 2.86. The van der Waals surface area contributed by atoms with Gasteiger partial charge in [0.25, 0.3) is 0 Å². The molecule has 18 heavy (non-hydrogen) atoms. The molecule has 0 bridgehead atoms. The smallest absolute Gasteiger partial charge is 0.277 e. The van der Waals surface area contributed by atoms with Crippen molar-refractivity contribution in [1.29, 1.82) is 0 Å². The summed E-state index contributed by atoms with van der Waals surface area (Å²) in [5.41, 5.74) is 0. The maximum Gasteiger partial charge on any atom is 0.331 e. The zero-order chi connectivity index (χ0) is 13.9. The molecule has 6 heteroatoms. The second-order valence-electron chi connectivity index (χ2n) is 4.73. The van der Waals surface area contributed by atoms with Gasteiger partial charge >= 0.3 is 6.03 Å². The predicted octanol–water partition coefficient (Wildman–Crippen LogP) is 1.48. The summed E-state index contributed by atoms with van der Waals surface area (Å²) in [5, 5.41) is 2.27. The van der Waals surface area contributed by atoms with Crippen LogP contribution in [0.5, 0.6) is 0 Å². The Morgan fingerprint density at radius 1 is 1.28 bits per heavy atom. The van der Waals surface area contributed by atoms with Gasteiger partial charge in [0.15, 0.2) is 0 Å². The highest BCUT2D eigenvalue weighted by molar-refractivity contribution is 7.99. The largest absolute Gasteiger partial charge is 0.331 e. The zero-order valence-electron chi connectivity index (χ0n) is 11.2. The van der Waals surface area contributed by atoms with Gasteiger partial charge in [-0.15, -0.1) is 0 Å². The molecule has 0 aromatic heterocycles. The molecule has 0 aromatic carbocycles. The van der Waals surface area contributed by atoms with Crippen LogP contribution in [0.1, 0.15) is 27.7 Å². The molecule has 1 saturated heterocycles. The molecular weight excluding hydrogens is 252 g/mol. The fourth-order valence-electron chi connectivity index (χ4n) is 1.97. The number of rotatable bonds is 5. The molecule has 1 aliphatic rings. The second-order valence-corrected chi connectivity index (χ2v) is 6.05. The van der Waals surface area contributed by atoms with Crippen LogP contribution >= 0.6 is 11.8 Å². The molecule has 1 N–H and O–H groups in total. The van der Waals surface area contributed by atoms with Crippen LogP contribution in [0.2, 0.25) is 0 Å². The topological polar surface area (TPSA) is 66.5 Å². The lowest BCUT2D eigenvalue weighted by atomic mass is 9.91. The third-order valence-electron chi connectivity index (χ3n) is 2.91. The van der Waals surface area contributed by atoms with E-state index in [9.17, 15) is 14.4 Å². The fraction of sp³-hybridized carbons (Fsp3) is 0.750. The van der Waals surface area contributed by atoms with Crippen molar-refractivity contribution in [3.8, 4) is 0 Å². The standard InChI is InChI=1S/C12H20N2O3S/c1-5-18-6-8(4)14-11(16)9(7(2)3)10(15)13-12(14)17/h7-9H,5-6H2,1-4H3,(H,13,15,17). The van der Waals surface area contributed by atoms with Crippen LogP contribution in [0.25, 0.3) is 0 Å². The van der Waals surface area contributed by atoms with Gasteiger partial charge in [0.05, 0.1) is 0 Å². The number of nitrogens with zero attached hydrogens (tertiary/aromatic N) is 1. The lowest BCUT2D eigenvalue weighted by molar-refractivity contribution is -0.145. The van der Waals surface area contributed by atoms with Crippen molar-refractivity contribution in [2.24, 2.45) is 11.8 Å². The summed E-state index contributed by atoms with van der Waals surface area (Å²) in [6.45, 7) is 7.46. The highest BCUT2D eigenvalue weighted by Gasteiger charge is 2.43. The van der Waals surface area contributed by atoms with E-state index in [0.717, 1.165) is 5.75 Å². The van der Waals surface area contributed by atoms with E-state index >= 15 is 0 Å². The maximum absolute atomic E-state index is 12.2. The van der Waals surface area contributed by atoms with Gasteiger partial charge in [0, 0.05) is 11.8 Å². The molecule has 1 heterocycles. The lowest BCUT2D eigenvalue weighted by Crippen LogP contribution is -2.61. The molecule has 2 atom stereocenters. The zero-order valence-corrected chi connectivity index (χ0v) is 12.0. The van der Waals surface area contributed by atoms with E-state index in [1.54, 1.807) is 11.8 Å². The van der Waals surface area contributed by atoms with Gasteiger partial charge in [0.1, 0.15) is 5.92 Å². The van der Waals surface area contributed by atoms with Crippen LogP contribution in [-0.4, -0.2) is 40.3 Å². The van der Waals surface area contributed by atoms with Gasteiger partial charge in [0.2, 0.25) is 11.8 Å². The molecule has 0 saturated carbocycles. The van der Waals surface area contributed by atoms with E-state index < -0.39 is 17.9 Å². The van der Waals surface area contributed by atoms with Crippen LogP contribution in [0, 0.1) is 11.8 Å². The second kappa shape index (κ2) is 6.22. The molecule has 5 nitrogen and oxygen atoms in total. The number of hydrogen-bond acceptors (Lipinski definition) is 4. The minimum Gasteiger partial charge on any atom is -0.277 e. The number of carbonyl (C=O) groups is 3. The van der Waals surface area contributed by atoms with Crippen LogP contribution in [0.3, 0.4) is 0 Å².